The van der Waals surface area contributed by atoms with E-state index in [4.69, 9.17) is 37.4 Å². The Balaban J connectivity index is 1.34. The molecule has 2 aliphatic heterocycles. The third-order valence-electron chi connectivity index (χ3n) is 7.48. The number of carbonyl (C=O) groups excluding carboxylic acids is 2. The van der Waals surface area contributed by atoms with Crippen LogP contribution in [0.4, 0.5) is 16.2 Å². The molecule has 0 aromatic heterocycles. The van der Waals surface area contributed by atoms with Gasteiger partial charge in [-0.15, -0.1) is 0 Å². The fraction of sp³-hybridized carbons (Fsp3) is 0.355. The fourth-order valence-corrected chi connectivity index (χ4v) is 5.43. The van der Waals surface area contributed by atoms with E-state index in [1.165, 1.54) is 0 Å². The van der Waals surface area contributed by atoms with E-state index in [9.17, 15) is 14.7 Å². The summed E-state index contributed by atoms with van der Waals surface area (Å²) >= 11 is 12.3. The second-order valence-electron chi connectivity index (χ2n) is 10.9. The highest BCUT2D eigenvalue weighted by Crippen LogP contribution is 2.35. The minimum atomic E-state index is -0.492. The maximum atomic E-state index is 13.7. The average molecular weight is 630 g/mol. The summed E-state index contributed by atoms with van der Waals surface area (Å²) in [5.41, 5.74) is 2.24. The molecule has 3 aromatic carbocycles. The highest BCUT2D eigenvalue weighted by Gasteiger charge is 2.33. The number of benzene rings is 3. The smallest absolute Gasteiger partial charge is 0.323 e. The quantitative estimate of drug-likeness (QED) is 0.292. The number of hydrogen-bond acceptors (Lipinski definition) is 7. The van der Waals surface area contributed by atoms with Crippen LogP contribution in [0.3, 0.4) is 0 Å². The number of urea groups is 1. The van der Waals surface area contributed by atoms with Crippen molar-refractivity contribution in [3.8, 4) is 17.2 Å². The third-order valence-corrected chi connectivity index (χ3v) is 8.22. The van der Waals surface area contributed by atoms with E-state index >= 15 is 0 Å². The number of carbonyl (C=O) groups is 2. The summed E-state index contributed by atoms with van der Waals surface area (Å²) in [6.45, 7) is 5.35. The molecular formula is C31H34Cl2N4O6. The van der Waals surface area contributed by atoms with Crippen LogP contribution in [-0.2, 0) is 6.54 Å². The van der Waals surface area contributed by atoms with Gasteiger partial charge in [0.25, 0.3) is 5.91 Å². The van der Waals surface area contributed by atoms with Crippen molar-refractivity contribution < 1.29 is 28.9 Å². The van der Waals surface area contributed by atoms with Crippen molar-refractivity contribution in [2.75, 3.05) is 44.2 Å². The molecule has 5 rings (SSSR count). The van der Waals surface area contributed by atoms with Gasteiger partial charge in [0.05, 0.1) is 28.3 Å². The van der Waals surface area contributed by atoms with Crippen molar-refractivity contribution in [1.82, 2.24) is 9.80 Å². The van der Waals surface area contributed by atoms with Crippen LogP contribution < -0.4 is 24.8 Å². The summed E-state index contributed by atoms with van der Waals surface area (Å²) in [5.74, 6) is 1.23. The predicted octanol–water partition coefficient (Wildman–Crippen LogP) is 5.72. The molecule has 12 heteroatoms. The monoisotopic (exact) mass is 628 g/mol. The molecule has 0 radical (unpaired) electrons. The van der Waals surface area contributed by atoms with E-state index < -0.39 is 12.1 Å². The van der Waals surface area contributed by atoms with Crippen LogP contribution >= 0.6 is 23.2 Å². The zero-order valence-corrected chi connectivity index (χ0v) is 25.6. The van der Waals surface area contributed by atoms with E-state index in [1.807, 2.05) is 26.1 Å². The number of anilines is 2. The molecule has 10 nitrogen and oxygen atoms in total. The second-order valence-corrected chi connectivity index (χ2v) is 11.7. The second kappa shape index (κ2) is 13.3. The van der Waals surface area contributed by atoms with E-state index in [-0.39, 0.29) is 31.3 Å². The molecule has 3 atom stereocenters. The van der Waals surface area contributed by atoms with Crippen LogP contribution in [-0.4, -0.2) is 72.5 Å². The summed E-state index contributed by atoms with van der Waals surface area (Å²) in [5, 5.41) is 16.5. The molecule has 3 aromatic rings. The van der Waals surface area contributed by atoms with Crippen molar-refractivity contribution in [3.05, 3.63) is 75.8 Å². The summed E-state index contributed by atoms with van der Waals surface area (Å²) < 4.78 is 17.2. The third kappa shape index (κ3) is 7.27. The molecule has 3 amide bonds. The molecule has 0 bridgehead atoms. The van der Waals surface area contributed by atoms with Gasteiger partial charge < -0.3 is 34.9 Å². The lowest BCUT2D eigenvalue weighted by Gasteiger charge is -2.38. The number of rotatable bonds is 8. The van der Waals surface area contributed by atoms with Gasteiger partial charge in [-0.3, -0.25) is 9.69 Å². The molecule has 0 saturated heterocycles. The minimum absolute atomic E-state index is 0.0485. The topological polar surface area (TPSA) is 113 Å². The molecule has 2 heterocycles. The Bertz CT molecular complexity index is 1510. The first-order valence-electron chi connectivity index (χ1n) is 13.9. The first-order chi connectivity index (χ1) is 20.6. The average Bonchev–Trinajstić information content (AvgIpc) is 3.44. The zero-order valence-electron chi connectivity index (χ0n) is 24.1. The molecule has 43 heavy (non-hydrogen) atoms. The van der Waals surface area contributed by atoms with Crippen LogP contribution in [0.15, 0.2) is 54.6 Å². The van der Waals surface area contributed by atoms with Gasteiger partial charge in [-0.25, -0.2) is 4.79 Å². The van der Waals surface area contributed by atoms with E-state index in [0.29, 0.717) is 63.9 Å². The normalized spacial score (nSPS) is 18.4. The van der Waals surface area contributed by atoms with Gasteiger partial charge in [-0.2, -0.15) is 0 Å². The molecule has 0 unspecified atom stereocenters. The standard InChI is InChI=1S/C31H34Cl2N4O6/c1-18-13-37(19(2)16-38)30(39)23-11-21(34-31(40)35-22-6-9-27-28(12-22)42-17-41-27)5-8-26(23)43-29(18)15-36(3)14-20-4-7-24(32)25(33)10-20/h4-12,18-19,29,38H,13-17H2,1-3H3,(H2,34,35,40)/t18-,19-,29-/m1/s1. The van der Waals surface area contributed by atoms with Crippen molar-refractivity contribution in [2.24, 2.45) is 5.92 Å². The van der Waals surface area contributed by atoms with Gasteiger partial charge in [0.1, 0.15) is 11.9 Å². The Morgan fingerprint density at radius 1 is 1.02 bits per heavy atom. The largest absolute Gasteiger partial charge is 0.488 e. The van der Waals surface area contributed by atoms with Crippen LogP contribution in [0.25, 0.3) is 0 Å². The fourth-order valence-electron chi connectivity index (χ4n) is 5.11. The number of aliphatic hydroxyl groups is 1. The lowest BCUT2D eigenvalue weighted by Crippen LogP contribution is -2.49. The molecule has 3 N–H and O–H groups in total. The predicted molar refractivity (Wildman–Crippen MR) is 166 cm³/mol. The summed E-state index contributed by atoms with van der Waals surface area (Å²) in [6.07, 6.45) is -0.277. The lowest BCUT2D eigenvalue weighted by molar-refractivity contribution is 0.0341. The minimum Gasteiger partial charge on any atom is -0.488 e. The first-order valence-corrected chi connectivity index (χ1v) is 14.7. The number of fused-ring (bicyclic) bond motifs is 2. The van der Waals surface area contributed by atoms with Gasteiger partial charge in [0, 0.05) is 43.0 Å². The highest BCUT2D eigenvalue weighted by atomic mass is 35.5. The summed E-state index contributed by atoms with van der Waals surface area (Å²) in [4.78, 5) is 30.3. The summed E-state index contributed by atoms with van der Waals surface area (Å²) in [6, 6.07) is 14.7. The van der Waals surface area contributed by atoms with Crippen molar-refractivity contribution in [1.29, 1.82) is 0 Å². The van der Waals surface area contributed by atoms with Gasteiger partial charge in [-0.05, 0) is 62.0 Å². The van der Waals surface area contributed by atoms with Crippen LogP contribution in [0.5, 0.6) is 17.2 Å². The van der Waals surface area contributed by atoms with Crippen LogP contribution in [0.2, 0.25) is 10.0 Å². The van der Waals surface area contributed by atoms with Gasteiger partial charge in [0.2, 0.25) is 6.79 Å². The number of ether oxygens (including phenoxy) is 3. The molecule has 0 fully saturated rings. The van der Waals surface area contributed by atoms with E-state index in [0.717, 1.165) is 5.56 Å². The molecule has 228 valence electrons. The maximum Gasteiger partial charge on any atom is 0.323 e. The Morgan fingerprint density at radius 2 is 1.72 bits per heavy atom. The number of likely N-dealkylation sites (N-methyl/N-ethyl adjacent to an activating group) is 1. The van der Waals surface area contributed by atoms with Gasteiger partial charge in [0.15, 0.2) is 11.5 Å². The van der Waals surface area contributed by atoms with Crippen LogP contribution in [0, 0.1) is 5.92 Å². The Kier molecular flexibility index (Phi) is 9.51. The number of hydrogen-bond donors (Lipinski definition) is 3. The van der Waals surface area contributed by atoms with Gasteiger partial charge in [-0.1, -0.05) is 36.2 Å². The SMILES string of the molecule is C[C@@H]1CN([C@H](C)CO)C(=O)c2cc(NC(=O)Nc3ccc4c(c3)OCO4)ccc2O[C@@H]1CN(C)Cc1ccc(Cl)c(Cl)c1. The first kappa shape index (κ1) is 30.7. The Hall–Kier alpha value is -3.70. The molecular weight excluding hydrogens is 595 g/mol. The molecule has 2 aliphatic rings. The van der Waals surface area contributed by atoms with Crippen molar-refractivity contribution in [2.45, 2.75) is 32.5 Å². The number of nitrogens with one attached hydrogen (secondary N) is 2. The number of aliphatic hydroxyl groups excluding tert-OH is 1. The molecule has 0 saturated carbocycles. The van der Waals surface area contributed by atoms with E-state index in [1.54, 1.807) is 54.3 Å². The number of halogens is 2. The van der Waals surface area contributed by atoms with Crippen LogP contribution in [0.1, 0.15) is 29.8 Å². The summed E-state index contributed by atoms with van der Waals surface area (Å²) in [7, 11) is 1.99. The van der Waals surface area contributed by atoms with Gasteiger partial charge >= 0.3 is 6.03 Å². The molecule has 0 aliphatic carbocycles. The zero-order chi connectivity index (χ0) is 30.7. The number of amides is 3. The maximum absolute atomic E-state index is 13.7. The highest BCUT2D eigenvalue weighted by molar-refractivity contribution is 6.42. The van der Waals surface area contributed by atoms with E-state index in [2.05, 4.69) is 15.5 Å². The van der Waals surface area contributed by atoms with Crippen molar-refractivity contribution in [3.63, 3.8) is 0 Å². The Morgan fingerprint density at radius 3 is 2.44 bits per heavy atom. The molecule has 0 spiro atoms. The number of nitrogens with zero attached hydrogens (tertiary/aromatic N) is 2. The van der Waals surface area contributed by atoms with Crippen molar-refractivity contribution >= 4 is 46.5 Å². The lowest BCUT2D eigenvalue weighted by atomic mass is 9.99. The Labute approximate surface area is 260 Å².